The Hall–Kier alpha value is -0.990. The third-order valence-electron chi connectivity index (χ3n) is 1.82. The van der Waals surface area contributed by atoms with E-state index in [-0.39, 0.29) is 17.7 Å². The number of aliphatic hydroxyl groups excluding tert-OH is 1. The molecule has 0 fully saturated rings. The molecule has 3 heteroatoms. The molecule has 1 atom stereocenters. The van der Waals surface area contributed by atoms with Crippen molar-refractivity contribution in [3.05, 3.63) is 12.0 Å². The number of carbonyl (C=O) groups excluding carboxylic acids is 1. The van der Waals surface area contributed by atoms with E-state index in [1.54, 1.807) is 0 Å². The van der Waals surface area contributed by atoms with Crippen LogP contribution in [-0.4, -0.2) is 16.9 Å². The molecule has 0 aromatic carbocycles. The van der Waals surface area contributed by atoms with Crippen LogP contribution >= 0.6 is 0 Å². The van der Waals surface area contributed by atoms with Crippen molar-refractivity contribution in [3.8, 4) is 0 Å². The molecule has 0 saturated heterocycles. The fourth-order valence-electron chi connectivity index (χ4n) is 1.17. The Bertz CT molecular complexity index is 187. The van der Waals surface area contributed by atoms with Crippen molar-refractivity contribution < 1.29 is 9.90 Å². The Morgan fingerprint density at radius 2 is 2.15 bits per heavy atom. The summed E-state index contributed by atoms with van der Waals surface area (Å²) in [6.45, 7) is 5.56. The van der Waals surface area contributed by atoms with E-state index in [1.165, 1.54) is 13.0 Å². The van der Waals surface area contributed by atoms with E-state index in [9.17, 15) is 9.90 Å². The molecule has 1 unspecified atom stereocenters. The summed E-state index contributed by atoms with van der Waals surface area (Å²) in [5.74, 6) is -0.163. The highest BCUT2D eigenvalue weighted by Gasteiger charge is 2.05. The van der Waals surface area contributed by atoms with Crippen LogP contribution in [0.5, 0.6) is 0 Å². The Morgan fingerprint density at radius 1 is 1.54 bits per heavy atom. The van der Waals surface area contributed by atoms with E-state index in [1.807, 2.05) is 6.92 Å². The van der Waals surface area contributed by atoms with Gasteiger partial charge in [0.2, 0.25) is 0 Å². The number of hydrogen-bond acceptors (Lipinski definition) is 3. The Kier molecular flexibility index (Phi) is 6.02. The number of ketones is 1. The third kappa shape index (κ3) is 6.20. The maximum Gasteiger partial charge on any atom is 0.187 e. The molecule has 0 rings (SSSR count). The van der Waals surface area contributed by atoms with Crippen LogP contribution in [0.1, 0.15) is 40.0 Å². The van der Waals surface area contributed by atoms with Gasteiger partial charge in [0.25, 0.3) is 0 Å². The lowest BCUT2D eigenvalue weighted by Crippen LogP contribution is -2.27. The standard InChI is InChI=1S/C10H19NO2/c1-4-6-9(5-2)11-10(13)7-8(3)12/h7,9,11,13H,4-6H2,1-3H3/b10-7-. The van der Waals surface area contributed by atoms with Gasteiger partial charge in [-0.25, -0.2) is 0 Å². The largest absolute Gasteiger partial charge is 0.495 e. The molecule has 0 aliphatic carbocycles. The fraction of sp³-hybridized carbons (Fsp3) is 0.700. The Balaban J connectivity index is 3.99. The topological polar surface area (TPSA) is 49.3 Å². The number of rotatable bonds is 6. The van der Waals surface area contributed by atoms with Gasteiger partial charge in [0.15, 0.2) is 11.7 Å². The lowest BCUT2D eigenvalue weighted by Gasteiger charge is -2.15. The molecule has 0 amide bonds. The molecule has 0 aliphatic heterocycles. The molecule has 13 heavy (non-hydrogen) atoms. The van der Waals surface area contributed by atoms with Gasteiger partial charge >= 0.3 is 0 Å². The number of allylic oxidation sites excluding steroid dienone is 1. The number of aliphatic hydroxyl groups is 1. The number of carbonyl (C=O) groups is 1. The molecule has 0 bridgehead atoms. The summed E-state index contributed by atoms with van der Waals surface area (Å²) in [5.41, 5.74) is 0. The SMILES string of the molecule is CCCC(CC)N/C(O)=C/C(C)=O. The van der Waals surface area contributed by atoms with Crippen LogP contribution in [0.3, 0.4) is 0 Å². The van der Waals surface area contributed by atoms with Crippen LogP contribution in [0.15, 0.2) is 12.0 Å². The molecule has 0 aromatic heterocycles. The summed E-state index contributed by atoms with van der Waals surface area (Å²) in [6, 6.07) is 0.264. The molecule has 3 nitrogen and oxygen atoms in total. The summed E-state index contributed by atoms with van der Waals surface area (Å²) in [5, 5.41) is 12.2. The Morgan fingerprint density at radius 3 is 2.54 bits per heavy atom. The van der Waals surface area contributed by atoms with Crippen LogP contribution in [0, 0.1) is 0 Å². The second kappa shape index (κ2) is 6.52. The first-order chi connectivity index (χ1) is 6.10. The first kappa shape index (κ1) is 12.0. The smallest absolute Gasteiger partial charge is 0.187 e. The zero-order chi connectivity index (χ0) is 10.3. The van der Waals surface area contributed by atoms with Crippen LogP contribution in [0.25, 0.3) is 0 Å². The minimum Gasteiger partial charge on any atom is -0.495 e. The summed E-state index contributed by atoms with van der Waals surface area (Å²) in [6.07, 6.45) is 4.23. The fourth-order valence-corrected chi connectivity index (χ4v) is 1.17. The van der Waals surface area contributed by atoms with Crippen molar-refractivity contribution in [1.82, 2.24) is 5.32 Å². The monoisotopic (exact) mass is 185 g/mol. The molecule has 0 saturated carbocycles. The van der Waals surface area contributed by atoms with Gasteiger partial charge < -0.3 is 10.4 Å². The van der Waals surface area contributed by atoms with Crippen LogP contribution in [-0.2, 0) is 4.79 Å². The van der Waals surface area contributed by atoms with Crippen LogP contribution in [0.2, 0.25) is 0 Å². The second-order valence-corrected chi connectivity index (χ2v) is 3.18. The van der Waals surface area contributed by atoms with Crippen molar-refractivity contribution in [3.63, 3.8) is 0 Å². The zero-order valence-electron chi connectivity index (χ0n) is 8.63. The average molecular weight is 185 g/mol. The molecular formula is C10H19NO2. The number of hydrogen-bond donors (Lipinski definition) is 2. The van der Waals surface area contributed by atoms with Gasteiger partial charge in [-0.15, -0.1) is 0 Å². The lowest BCUT2D eigenvalue weighted by molar-refractivity contribution is -0.112. The third-order valence-corrected chi connectivity index (χ3v) is 1.82. The van der Waals surface area contributed by atoms with Gasteiger partial charge in [0.05, 0.1) is 0 Å². The highest BCUT2D eigenvalue weighted by Crippen LogP contribution is 2.02. The normalized spacial score (nSPS) is 13.9. The average Bonchev–Trinajstić information content (AvgIpc) is 2.02. The minimum absolute atomic E-state index is 0.0206. The zero-order valence-corrected chi connectivity index (χ0v) is 8.63. The van der Waals surface area contributed by atoms with Gasteiger partial charge in [-0.1, -0.05) is 20.3 Å². The molecule has 2 N–H and O–H groups in total. The van der Waals surface area contributed by atoms with E-state index >= 15 is 0 Å². The predicted octanol–water partition coefficient (Wildman–Crippen LogP) is 2.14. The van der Waals surface area contributed by atoms with E-state index in [4.69, 9.17) is 0 Å². The summed E-state index contributed by atoms with van der Waals surface area (Å²) >= 11 is 0. The first-order valence-corrected chi connectivity index (χ1v) is 4.77. The molecule has 0 heterocycles. The lowest BCUT2D eigenvalue weighted by atomic mass is 10.1. The molecular weight excluding hydrogens is 166 g/mol. The molecule has 0 aliphatic rings. The van der Waals surface area contributed by atoms with Gasteiger partial charge in [-0.05, 0) is 19.8 Å². The predicted molar refractivity (Wildman–Crippen MR) is 53.5 cm³/mol. The van der Waals surface area contributed by atoms with Crippen molar-refractivity contribution >= 4 is 5.78 Å². The molecule has 0 radical (unpaired) electrons. The van der Waals surface area contributed by atoms with E-state index in [0.29, 0.717) is 0 Å². The van der Waals surface area contributed by atoms with E-state index in [2.05, 4.69) is 12.2 Å². The highest BCUT2D eigenvalue weighted by atomic mass is 16.3. The molecule has 0 spiro atoms. The quantitative estimate of drug-likeness (QED) is 0.492. The van der Waals surface area contributed by atoms with Crippen LogP contribution < -0.4 is 5.32 Å². The summed E-state index contributed by atoms with van der Waals surface area (Å²) < 4.78 is 0. The minimum atomic E-state index is -0.142. The van der Waals surface area contributed by atoms with Crippen molar-refractivity contribution in [2.45, 2.75) is 46.1 Å². The summed E-state index contributed by atoms with van der Waals surface area (Å²) in [7, 11) is 0. The van der Waals surface area contributed by atoms with Crippen molar-refractivity contribution in [2.24, 2.45) is 0 Å². The van der Waals surface area contributed by atoms with Gasteiger partial charge in [0, 0.05) is 12.1 Å². The van der Waals surface area contributed by atoms with E-state index in [0.717, 1.165) is 19.3 Å². The maximum absolute atomic E-state index is 10.6. The molecule has 0 aromatic rings. The van der Waals surface area contributed by atoms with Gasteiger partial charge in [-0.2, -0.15) is 0 Å². The van der Waals surface area contributed by atoms with Gasteiger partial charge in [-0.3, -0.25) is 4.79 Å². The van der Waals surface area contributed by atoms with E-state index < -0.39 is 0 Å². The maximum atomic E-state index is 10.6. The van der Waals surface area contributed by atoms with Gasteiger partial charge in [0.1, 0.15) is 0 Å². The second-order valence-electron chi connectivity index (χ2n) is 3.18. The van der Waals surface area contributed by atoms with Crippen molar-refractivity contribution in [2.75, 3.05) is 0 Å². The number of nitrogens with one attached hydrogen (secondary N) is 1. The first-order valence-electron chi connectivity index (χ1n) is 4.77. The van der Waals surface area contributed by atoms with Crippen LogP contribution in [0.4, 0.5) is 0 Å². The highest BCUT2D eigenvalue weighted by molar-refractivity contribution is 5.87. The molecule has 76 valence electrons. The summed E-state index contributed by atoms with van der Waals surface area (Å²) in [4.78, 5) is 10.6. The Labute approximate surface area is 79.8 Å². The van der Waals surface area contributed by atoms with Crippen molar-refractivity contribution in [1.29, 1.82) is 0 Å².